The van der Waals surface area contributed by atoms with Crippen LogP contribution in [0.25, 0.3) is 22.3 Å². The first kappa shape index (κ1) is 58.0. The fourth-order valence-corrected chi connectivity index (χ4v) is 10.3. The van der Waals surface area contributed by atoms with Crippen molar-refractivity contribution in [1.82, 2.24) is 51.7 Å². The van der Waals surface area contributed by atoms with E-state index in [0.29, 0.717) is 57.4 Å². The lowest BCUT2D eigenvalue weighted by Crippen LogP contribution is -2.53. The second-order valence-electron chi connectivity index (χ2n) is 19.9. The van der Waals surface area contributed by atoms with E-state index in [9.17, 15) is 67.7 Å². The van der Waals surface area contributed by atoms with Gasteiger partial charge in [-0.15, -0.1) is 0 Å². The number of carboxylic acid groups (broad SMARTS) is 1. The molecule has 81 heavy (non-hydrogen) atoms. The van der Waals surface area contributed by atoms with E-state index in [1.807, 2.05) is 0 Å². The zero-order valence-corrected chi connectivity index (χ0v) is 44.2. The lowest BCUT2D eigenvalue weighted by Gasteiger charge is -2.31. The molecular formula is C55H59FN10O15. The van der Waals surface area contributed by atoms with Gasteiger partial charge in [0.15, 0.2) is 5.60 Å². The van der Waals surface area contributed by atoms with Gasteiger partial charge in [0.05, 0.1) is 61.1 Å². The molecule has 9 amide bonds. The number of hydrogen-bond acceptors (Lipinski definition) is 15. The van der Waals surface area contributed by atoms with Crippen molar-refractivity contribution >= 4 is 76.0 Å². The number of hydrogen-bond donors (Lipinski definition) is 9. The van der Waals surface area contributed by atoms with Crippen molar-refractivity contribution in [2.24, 2.45) is 0 Å². The highest BCUT2D eigenvalue weighted by Crippen LogP contribution is 2.46. The molecule has 2 aromatic heterocycles. The molecule has 0 fully saturated rings. The Kier molecular flexibility index (Phi) is 17.8. The molecule has 426 valence electrons. The number of cyclic esters (lactones) is 1. The summed E-state index contributed by atoms with van der Waals surface area (Å²) in [5.74, 6) is -9.06. The van der Waals surface area contributed by atoms with Gasteiger partial charge in [-0.3, -0.25) is 57.6 Å². The van der Waals surface area contributed by atoms with Crippen LogP contribution in [0.2, 0.25) is 0 Å². The minimum Gasteiger partial charge on any atom is -0.481 e. The molecule has 25 nitrogen and oxygen atoms in total. The largest absolute Gasteiger partial charge is 0.481 e. The highest BCUT2D eigenvalue weighted by Gasteiger charge is 2.46. The van der Waals surface area contributed by atoms with Crippen LogP contribution in [0.5, 0.6) is 0 Å². The number of carbonyl (C=O) groups excluding carboxylic acids is 10. The van der Waals surface area contributed by atoms with E-state index in [2.05, 4.69) is 37.2 Å². The number of ether oxygens (including phenoxy) is 1. The highest BCUT2D eigenvalue weighted by atomic mass is 19.1. The Bertz CT molecular complexity index is 3360. The van der Waals surface area contributed by atoms with Crippen molar-refractivity contribution < 1.29 is 72.1 Å². The zero-order valence-electron chi connectivity index (χ0n) is 44.2. The molecule has 0 saturated carbocycles. The summed E-state index contributed by atoms with van der Waals surface area (Å²) in [6.07, 6.45) is 1.98. The molecule has 0 spiro atoms. The molecule has 8 rings (SSSR count). The number of esters is 1. The fourth-order valence-electron chi connectivity index (χ4n) is 10.3. The number of pyridine rings is 2. The topological polar surface area (TPSA) is 360 Å². The molecule has 0 unspecified atom stereocenters. The summed E-state index contributed by atoms with van der Waals surface area (Å²) in [4.78, 5) is 158. The standard InChI is InChI=1S/C55H59FN10O15/c1-3-55(80)33-20-39-50-31(26-66(39)53(78)32(33)27-81-54(55)79)49-35(14-13-30-28(2)34(56)21-36(64-50)48(30)49)61-40(67)11-7-17-57-42(69)23-59-51(76)37(19-29-9-5-4-6-10-29)63-44(71)25-58-43(70)24-60-52(77)38(22-47(74)75)62-41(68)12-8-18-65-45(72)15-16-46(65)73/h4-6,9-10,15-16,20-21,35,37-38,80H,3,7-8,11-14,17-19,22-27H2,1-2H3,(H,57,69)(H,58,70)(H,59,76)(H,60,77)(H,61,67)(H,62,68)(H,63,71)(H,74,75)/t35-,37-,38-,55-/m0/s1. The van der Waals surface area contributed by atoms with Crippen LogP contribution in [-0.2, 0) is 89.1 Å². The number of aliphatic carboxylic acids is 1. The van der Waals surface area contributed by atoms with Crippen LogP contribution in [-0.4, -0.2) is 135 Å². The third kappa shape index (κ3) is 13.0. The van der Waals surface area contributed by atoms with Crippen LogP contribution < -0.4 is 42.8 Å². The van der Waals surface area contributed by atoms with Crippen LogP contribution in [0.1, 0.15) is 96.9 Å². The molecule has 0 bridgehead atoms. The number of nitrogens with zero attached hydrogens (tertiary/aromatic N) is 3. The first-order valence-electron chi connectivity index (χ1n) is 26.2. The quantitative estimate of drug-likeness (QED) is 0.0209. The van der Waals surface area contributed by atoms with Crippen LogP contribution in [0.15, 0.2) is 59.4 Å². The molecule has 9 N–H and O–H groups in total. The fraction of sp³-hybridized carbons (Fsp3) is 0.400. The summed E-state index contributed by atoms with van der Waals surface area (Å²) in [6, 6.07) is 8.06. The van der Waals surface area contributed by atoms with Gasteiger partial charge in [0.25, 0.3) is 17.4 Å². The maximum Gasteiger partial charge on any atom is 0.343 e. The van der Waals surface area contributed by atoms with Crippen molar-refractivity contribution in [2.75, 3.05) is 32.7 Å². The van der Waals surface area contributed by atoms with E-state index in [0.717, 1.165) is 22.6 Å². The summed E-state index contributed by atoms with van der Waals surface area (Å²) in [5, 5.41) is 38.8. The molecule has 2 aromatic carbocycles. The third-order valence-electron chi connectivity index (χ3n) is 14.6. The minimum absolute atomic E-state index is 0.0212. The monoisotopic (exact) mass is 1120 g/mol. The predicted octanol–water partition coefficient (Wildman–Crippen LogP) is -0.732. The number of nitrogens with one attached hydrogen (secondary N) is 7. The summed E-state index contributed by atoms with van der Waals surface area (Å²) in [6.45, 7) is 1.05. The number of aryl methyl sites for hydroxylation is 1. The number of rotatable bonds is 24. The Morgan fingerprint density at radius 1 is 0.802 bits per heavy atom. The average Bonchev–Trinajstić information content (AvgIpc) is 3.94. The van der Waals surface area contributed by atoms with Gasteiger partial charge in [0, 0.05) is 67.1 Å². The molecule has 5 heterocycles. The molecule has 0 radical (unpaired) electrons. The van der Waals surface area contributed by atoms with Gasteiger partial charge >= 0.3 is 11.9 Å². The lowest BCUT2D eigenvalue weighted by atomic mass is 9.81. The van der Waals surface area contributed by atoms with E-state index >= 15 is 4.39 Å². The van der Waals surface area contributed by atoms with E-state index in [4.69, 9.17) is 9.72 Å². The maximum absolute atomic E-state index is 15.4. The Morgan fingerprint density at radius 3 is 2.15 bits per heavy atom. The second-order valence-corrected chi connectivity index (χ2v) is 19.9. The number of benzene rings is 2. The summed E-state index contributed by atoms with van der Waals surface area (Å²) < 4.78 is 22.1. The Labute approximate surface area is 460 Å². The molecular weight excluding hydrogens is 1060 g/mol. The first-order chi connectivity index (χ1) is 38.7. The van der Waals surface area contributed by atoms with E-state index in [-0.39, 0.29) is 81.8 Å². The number of fused-ring (bicyclic) bond motifs is 5. The average molecular weight is 1120 g/mol. The minimum atomic E-state index is -2.06. The predicted molar refractivity (Wildman–Crippen MR) is 281 cm³/mol. The lowest BCUT2D eigenvalue weighted by molar-refractivity contribution is -0.172. The summed E-state index contributed by atoms with van der Waals surface area (Å²) >= 11 is 0. The molecule has 4 aromatic rings. The molecule has 1 aliphatic carbocycles. The van der Waals surface area contributed by atoms with Crippen molar-refractivity contribution in [2.45, 2.75) is 109 Å². The maximum atomic E-state index is 15.4. The Balaban J connectivity index is 0.808. The highest BCUT2D eigenvalue weighted by molar-refractivity contribution is 6.13. The molecule has 0 saturated heterocycles. The number of imide groups is 1. The van der Waals surface area contributed by atoms with Crippen LogP contribution in [0.3, 0.4) is 0 Å². The van der Waals surface area contributed by atoms with Crippen molar-refractivity contribution in [3.05, 3.63) is 110 Å². The van der Waals surface area contributed by atoms with Crippen molar-refractivity contribution in [3.63, 3.8) is 0 Å². The zero-order chi connectivity index (χ0) is 58.3. The van der Waals surface area contributed by atoms with Gasteiger partial charge in [-0.05, 0) is 67.3 Å². The number of aromatic nitrogens is 2. The molecule has 4 aliphatic rings. The molecule has 3 aliphatic heterocycles. The van der Waals surface area contributed by atoms with Gasteiger partial charge in [-0.2, -0.15) is 0 Å². The van der Waals surface area contributed by atoms with Crippen molar-refractivity contribution in [3.8, 4) is 11.4 Å². The number of carboxylic acids is 1. The summed E-state index contributed by atoms with van der Waals surface area (Å²) in [5.41, 5.74) is 1.88. The Morgan fingerprint density at radius 2 is 1.46 bits per heavy atom. The second kappa shape index (κ2) is 24.9. The van der Waals surface area contributed by atoms with Crippen molar-refractivity contribution in [1.29, 1.82) is 0 Å². The third-order valence-corrected chi connectivity index (χ3v) is 14.6. The van der Waals surface area contributed by atoms with Gasteiger partial charge in [0.2, 0.25) is 41.4 Å². The number of carbonyl (C=O) groups is 11. The number of aliphatic hydroxyl groups is 1. The van der Waals surface area contributed by atoms with Gasteiger partial charge in [-0.1, -0.05) is 37.3 Å². The summed E-state index contributed by atoms with van der Waals surface area (Å²) in [7, 11) is 0. The SMILES string of the molecule is CC[C@@]1(O)C(=O)OCc2c1cc1n(c2=O)Cc2c-1nc1cc(F)c(C)c3c1c2[C@@H](NC(=O)CCCNC(=O)CNC(=O)[C@H](Cc1ccccc1)NC(=O)CNC(=O)CNC(=O)[C@H](CC(=O)O)NC(=O)CCCN1C(=O)C=CC1=O)CC3. The van der Waals surface area contributed by atoms with Gasteiger partial charge < -0.3 is 56.7 Å². The number of halogens is 1. The van der Waals surface area contributed by atoms with E-state index in [1.165, 1.54) is 10.6 Å². The van der Waals surface area contributed by atoms with Crippen LogP contribution in [0, 0.1) is 12.7 Å². The first-order valence-corrected chi connectivity index (χ1v) is 26.2. The van der Waals surface area contributed by atoms with Crippen LogP contribution >= 0.6 is 0 Å². The normalized spacial score (nSPS) is 17.2. The van der Waals surface area contributed by atoms with Crippen LogP contribution in [0.4, 0.5) is 4.39 Å². The number of amides is 9. The van der Waals surface area contributed by atoms with Gasteiger partial charge in [0.1, 0.15) is 24.5 Å². The molecule has 26 heteroatoms. The smallest absolute Gasteiger partial charge is 0.343 e. The van der Waals surface area contributed by atoms with Gasteiger partial charge in [-0.25, -0.2) is 14.2 Å². The Hall–Kier alpha value is -9.20. The molecule has 4 atom stereocenters. The van der Waals surface area contributed by atoms with E-state index < -0.39 is 120 Å². The van der Waals surface area contributed by atoms with E-state index in [1.54, 1.807) is 50.2 Å².